The van der Waals surface area contributed by atoms with Crippen molar-refractivity contribution in [3.05, 3.63) is 116 Å². The highest BCUT2D eigenvalue weighted by Crippen LogP contribution is 2.32. The Morgan fingerprint density at radius 3 is 2.22 bits per heavy atom. The average Bonchev–Trinajstić information content (AvgIpc) is 3.53. The van der Waals surface area contributed by atoms with E-state index in [1.165, 1.54) is 13.9 Å². The lowest BCUT2D eigenvalue weighted by Crippen LogP contribution is -2.45. The summed E-state index contributed by atoms with van der Waals surface area (Å²) < 4.78 is 4.02. The summed E-state index contributed by atoms with van der Waals surface area (Å²) >= 11 is 0. The van der Waals surface area contributed by atoms with Gasteiger partial charge in [0.05, 0.1) is 12.7 Å². The number of fused-ring (bicyclic) bond motifs is 1. The SMILES string of the molecule is CC1=C[C@@H](C(=O)NC2CCC(c3cnc(N)[nH]3)CC2)n2c(=O)n(CC(c3ccccc3)c3ccccc3)c(=O)n2C1. The molecule has 4 aromatic rings. The van der Waals surface area contributed by atoms with Gasteiger partial charge in [-0.3, -0.25) is 4.79 Å². The third-order valence-corrected chi connectivity index (χ3v) is 8.41. The molecule has 4 N–H and O–H groups in total. The molecule has 1 aliphatic heterocycles. The number of imidazole rings is 1. The number of aromatic nitrogens is 5. The molecule has 0 saturated heterocycles. The van der Waals surface area contributed by atoms with E-state index in [-0.39, 0.29) is 31.0 Å². The average molecular weight is 554 g/mol. The fourth-order valence-electron chi connectivity index (χ4n) is 6.28. The number of nitrogen functional groups attached to an aromatic ring is 1. The zero-order valence-corrected chi connectivity index (χ0v) is 23.1. The number of benzene rings is 2. The van der Waals surface area contributed by atoms with Crippen molar-refractivity contribution in [3.63, 3.8) is 0 Å². The number of amides is 1. The van der Waals surface area contributed by atoms with E-state index < -0.39 is 17.4 Å². The Labute approximate surface area is 237 Å². The number of allylic oxidation sites excluding steroid dienone is 1. The van der Waals surface area contributed by atoms with Gasteiger partial charge in [-0.2, -0.15) is 0 Å². The second-order valence-corrected chi connectivity index (χ2v) is 11.2. The van der Waals surface area contributed by atoms with Crippen LogP contribution < -0.4 is 22.4 Å². The minimum absolute atomic E-state index is 0.00634. The van der Waals surface area contributed by atoms with E-state index in [2.05, 4.69) is 15.3 Å². The summed E-state index contributed by atoms with van der Waals surface area (Å²) in [5.41, 5.74) is 8.77. The molecule has 0 bridgehead atoms. The lowest BCUT2D eigenvalue weighted by atomic mass is 9.84. The van der Waals surface area contributed by atoms with Gasteiger partial charge in [-0.1, -0.05) is 66.2 Å². The molecule has 1 saturated carbocycles. The number of anilines is 1. The second-order valence-electron chi connectivity index (χ2n) is 11.2. The normalized spacial score (nSPS) is 20.4. The lowest BCUT2D eigenvalue weighted by molar-refractivity contribution is -0.124. The lowest BCUT2D eigenvalue weighted by Gasteiger charge is -2.30. The Hall–Kier alpha value is -4.60. The Morgan fingerprint density at radius 2 is 1.63 bits per heavy atom. The predicted molar refractivity (Wildman–Crippen MR) is 157 cm³/mol. The van der Waals surface area contributed by atoms with Crippen LogP contribution in [0.3, 0.4) is 0 Å². The number of nitrogens with zero attached hydrogens (tertiary/aromatic N) is 4. The van der Waals surface area contributed by atoms with Gasteiger partial charge in [-0.15, -0.1) is 0 Å². The molecule has 6 rings (SSSR count). The van der Waals surface area contributed by atoms with Crippen molar-refractivity contribution < 1.29 is 4.79 Å². The second kappa shape index (κ2) is 11.1. The number of hydrogen-bond donors (Lipinski definition) is 3. The number of carbonyl (C=O) groups is 1. The number of aromatic amines is 1. The van der Waals surface area contributed by atoms with Gasteiger partial charge in [0.2, 0.25) is 5.91 Å². The molecule has 10 nitrogen and oxygen atoms in total. The molecule has 212 valence electrons. The summed E-state index contributed by atoms with van der Waals surface area (Å²) in [6.07, 6.45) is 6.99. The van der Waals surface area contributed by atoms with Gasteiger partial charge in [-0.25, -0.2) is 28.5 Å². The number of hydrogen-bond acceptors (Lipinski definition) is 5. The summed E-state index contributed by atoms with van der Waals surface area (Å²) in [7, 11) is 0. The van der Waals surface area contributed by atoms with Crippen molar-refractivity contribution >= 4 is 11.9 Å². The molecule has 1 aliphatic carbocycles. The van der Waals surface area contributed by atoms with E-state index in [0.717, 1.165) is 48.1 Å². The van der Waals surface area contributed by atoms with Crippen LogP contribution in [0.4, 0.5) is 5.95 Å². The maximum absolute atomic E-state index is 13.8. The standard InChI is InChI=1S/C31H35N7O3/c1-20-16-27(28(39)34-24-14-12-23(13-15-24)26-17-33-29(32)35-26)38-31(41)36(30(40)37(38)18-20)19-25(21-8-4-2-5-9-21)22-10-6-3-7-11-22/h2-11,16-17,23-25,27H,12-15,18-19H2,1H3,(H,34,39)(H3,32,33,35)/t23?,24?,27-/m0/s1. The van der Waals surface area contributed by atoms with E-state index >= 15 is 0 Å². The van der Waals surface area contributed by atoms with Crippen LogP contribution in [0.5, 0.6) is 0 Å². The van der Waals surface area contributed by atoms with Gasteiger partial charge >= 0.3 is 11.4 Å². The van der Waals surface area contributed by atoms with E-state index in [1.807, 2.05) is 67.6 Å². The van der Waals surface area contributed by atoms with Crippen LogP contribution in [-0.4, -0.2) is 35.8 Å². The smallest absolute Gasteiger partial charge is 0.348 e. The molecular formula is C31H35N7O3. The molecule has 1 fully saturated rings. The van der Waals surface area contributed by atoms with Gasteiger partial charge in [0.1, 0.15) is 0 Å². The monoisotopic (exact) mass is 553 g/mol. The fraction of sp³-hybridized carbons (Fsp3) is 0.355. The highest BCUT2D eigenvalue weighted by Gasteiger charge is 2.33. The first-order valence-corrected chi connectivity index (χ1v) is 14.2. The highest BCUT2D eigenvalue weighted by atomic mass is 16.2. The van der Waals surface area contributed by atoms with Crippen molar-refractivity contribution in [2.75, 3.05) is 5.73 Å². The number of rotatable bonds is 7. The first kappa shape index (κ1) is 26.6. The van der Waals surface area contributed by atoms with E-state index in [4.69, 9.17) is 5.73 Å². The Kier molecular flexibility index (Phi) is 7.21. The molecule has 2 aromatic heterocycles. The zero-order chi connectivity index (χ0) is 28.5. The first-order chi connectivity index (χ1) is 19.9. The molecule has 0 radical (unpaired) electrons. The Balaban J connectivity index is 1.24. The van der Waals surface area contributed by atoms with Gasteiger partial charge in [0.15, 0.2) is 12.0 Å². The van der Waals surface area contributed by atoms with Crippen LogP contribution in [0.25, 0.3) is 0 Å². The number of nitrogens with one attached hydrogen (secondary N) is 2. The Bertz CT molecular complexity index is 1630. The molecule has 1 amide bonds. The van der Waals surface area contributed by atoms with E-state index in [0.29, 0.717) is 11.9 Å². The van der Waals surface area contributed by atoms with E-state index in [1.54, 1.807) is 12.3 Å². The quantitative estimate of drug-likeness (QED) is 0.302. The number of H-pyrrole nitrogens is 1. The van der Waals surface area contributed by atoms with Crippen LogP contribution in [-0.2, 0) is 17.9 Å². The summed E-state index contributed by atoms with van der Waals surface area (Å²) in [5, 5.41) is 3.16. The first-order valence-electron chi connectivity index (χ1n) is 14.2. The maximum Gasteiger partial charge on any atom is 0.348 e. The zero-order valence-electron chi connectivity index (χ0n) is 23.1. The van der Waals surface area contributed by atoms with Crippen LogP contribution in [0.1, 0.15) is 67.3 Å². The molecule has 2 aromatic carbocycles. The van der Waals surface area contributed by atoms with E-state index in [9.17, 15) is 14.4 Å². The summed E-state index contributed by atoms with van der Waals surface area (Å²) in [6.45, 7) is 2.33. The van der Waals surface area contributed by atoms with Crippen LogP contribution in [0.2, 0.25) is 0 Å². The minimum Gasteiger partial charge on any atom is -0.369 e. The van der Waals surface area contributed by atoms with Gasteiger partial charge in [-0.05, 0) is 49.8 Å². The van der Waals surface area contributed by atoms with Crippen molar-refractivity contribution in [1.82, 2.24) is 29.2 Å². The third kappa shape index (κ3) is 5.29. The Morgan fingerprint density at radius 1 is 1.00 bits per heavy atom. The molecule has 1 atom stereocenters. The fourth-order valence-corrected chi connectivity index (χ4v) is 6.28. The molecular weight excluding hydrogens is 518 g/mol. The number of nitrogens with two attached hydrogens (primary N) is 1. The van der Waals surface area contributed by atoms with Crippen LogP contribution in [0, 0.1) is 0 Å². The summed E-state index contributed by atoms with van der Waals surface area (Å²) in [6, 6.07) is 18.9. The summed E-state index contributed by atoms with van der Waals surface area (Å²) in [4.78, 5) is 48.3. The van der Waals surface area contributed by atoms with Crippen molar-refractivity contribution in [3.8, 4) is 0 Å². The van der Waals surface area contributed by atoms with Crippen LogP contribution in [0.15, 0.2) is 88.1 Å². The minimum atomic E-state index is -0.887. The number of carbonyl (C=O) groups excluding carboxylic acids is 1. The van der Waals surface area contributed by atoms with Gasteiger partial charge < -0.3 is 16.0 Å². The molecule has 0 unspecified atom stereocenters. The molecule has 2 aliphatic rings. The molecule has 0 spiro atoms. The molecule has 3 heterocycles. The molecule has 41 heavy (non-hydrogen) atoms. The van der Waals surface area contributed by atoms with Gasteiger partial charge in [0, 0.05) is 30.1 Å². The highest BCUT2D eigenvalue weighted by molar-refractivity contribution is 5.82. The largest absolute Gasteiger partial charge is 0.369 e. The third-order valence-electron chi connectivity index (χ3n) is 8.41. The van der Waals surface area contributed by atoms with Crippen molar-refractivity contribution in [2.24, 2.45) is 0 Å². The molecule has 10 heteroatoms. The van der Waals surface area contributed by atoms with Crippen molar-refractivity contribution in [2.45, 2.75) is 69.6 Å². The maximum atomic E-state index is 13.8. The topological polar surface area (TPSA) is 133 Å². The summed E-state index contributed by atoms with van der Waals surface area (Å²) in [5.74, 6) is 0.273. The predicted octanol–water partition coefficient (Wildman–Crippen LogP) is 3.29. The van der Waals surface area contributed by atoms with Gasteiger partial charge in [0.25, 0.3) is 0 Å². The van der Waals surface area contributed by atoms with Crippen molar-refractivity contribution in [1.29, 1.82) is 0 Å². The van der Waals surface area contributed by atoms with Crippen LogP contribution >= 0.6 is 0 Å².